The fourth-order valence-electron chi connectivity index (χ4n) is 2.34. The van der Waals surface area contributed by atoms with E-state index in [2.05, 4.69) is 0 Å². The number of amides is 1. The predicted molar refractivity (Wildman–Crippen MR) is 85.2 cm³/mol. The minimum Gasteiger partial charge on any atom is -0.507 e. The Bertz CT molecular complexity index is 727. The maximum atomic E-state index is 12.3. The van der Waals surface area contributed by atoms with Gasteiger partial charge >= 0.3 is 0 Å². The van der Waals surface area contributed by atoms with E-state index in [1.54, 1.807) is 30.3 Å². The molecule has 1 N–H and O–H groups in total. The van der Waals surface area contributed by atoms with Crippen molar-refractivity contribution >= 4 is 29.1 Å². The molecule has 2 aromatic carbocycles. The van der Waals surface area contributed by atoms with Crippen molar-refractivity contribution in [3.63, 3.8) is 0 Å². The summed E-state index contributed by atoms with van der Waals surface area (Å²) in [6.45, 7) is 1.10. The normalized spacial score (nSPS) is 14.4. The summed E-state index contributed by atoms with van der Waals surface area (Å²) >= 11 is 12.2. The topological polar surface area (TPSA) is 49.8 Å². The molecule has 2 aromatic rings. The number of benzene rings is 2. The van der Waals surface area contributed by atoms with Crippen LogP contribution in [0.1, 0.15) is 16.8 Å². The monoisotopic (exact) mass is 337 g/mol. The summed E-state index contributed by atoms with van der Waals surface area (Å²) in [5.41, 5.74) is 1.61. The molecule has 1 heterocycles. The lowest BCUT2D eigenvalue weighted by Gasteiger charge is -2.15. The second-order valence-electron chi connectivity index (χ2n) is 4.95. The third-order valence-corrected chi connectivity index (χ3v) is 4.00. The number of phenols is 1. The molecule has 4 nitrogen and oxygen atoms in total. The molecule has 3 rings (SSSR count). The molecule has 0 bridgehead atoms. The molecule has 0 aliphatic carbocycles. The first-order valence-corrected chi connectivity index (χ1v) is 7.55. The van der Waals surface area contributed by atoms with Gasteiger partial charge in [0.2, 0.25) is 0 Å². The molecule has 0 radical (unpaired) electrons. The quantitative estimate of drug-likeness (QED) is 0.895. The summed E-state index contributed by atoms with van der Waals surface area (Å²) in [5, 5.41) is 12.1. The number of aromatic hydroxyl groups is 1. The number of hydrogen-bond donors (Lipinski definition) is 1. The second kappa shape index (κ2) is 6.16. The molecule has 1 saturated heterocycles. The summed E-state index contributed by atoms with van der Waals surface area (Å²) in [7, 11) is 0. The van der Waals surface area contributed by atoms with Gasteiger partial charge in [-0.15, -0.1) is 0 Å². The fourth-order valence-corrected chi connectivity index (χ4v) is 2.77. The molecule has 22 heavy (non-hydrogen) atoms. The van der Waals surface area contributed by atoms with Gasteiger partial charge in [-0.3, -0.25) is 9.63 Å². The lowest BCUT2D eigenvalue weighted by Crippen LogP contribution is -2.26. The third kappa shape index (κ3) is 2.90. The van der Waals surface area contributed by atoms with Crippen LogP contribution in [-0.4, -0.2) is 29.2 Å². The van der Waals surface area contributed by atoms with Crippen LogP contribution in [0.25, 0.3) is 11.1 Å². The van der Waals surface area contributed by atoms with E-state index in [0.29, 0.717) is 39.9 Å². The maximum absolute atomic E-state index is 12.3. The minimum absolute atomic E-state index is 0.0995. The van der Waals surface area contributed by atoms with Crippen LogP contribution >= 0.6 is 23.2 Å². The van der Waals surface area contributed by atoms with Crippen LogP contribution in [0.15, 0.2) is 36.4 Å². The highest BCUT2D eigenvalue weighted by atomic mass is 35.5. The van der Waals surface area contributed by atoms with Gasteiger partial charge in [0.1, 0.15) is 5.75 Å². The zero-order chi connectivity index (χ0) is 15.7. The Balaban J connectivity index is 1.95. The van der Waals surface area contributed by atoms with E-state index in [1.165, 1.54) is 11.1 Å². The van der Waals surface area contributed by atoms with Gasteiger partial charge in [0, 0.05) is 10.6 Å². The molecule has 1 amide bonds. The van der Waals surface area contributed by atoms with Gasteiger partial charge < -0.3 is 5.11 Å². The van der Waals surface area contributed by atoms with Crippen molar-refractivity contribution in [2.45, 2.75) is 6.42 Å². The van der Waals surface area contributed by atoms with E-state index in [9.17, 15) is 9.90 Å². The van der Waals surface area contributed by atoms with E-state index >= 15 is 0 Å². The van der Waals surface area contributed by atoms with Crippen LogP contribution in [-0.2, 0) is 4.84 Å². The van der Waals surface area contributed by atoms with Crippen LogP contribution in [0.4, 0.5) is 0 Å². The average molecular weight is 338 g/mol. The van der Waals surface area contributed by atoms with E-state index in [0.717, 1.165) is 6.42 Å². The van der Waals surface area contributed by atoms with Gasteiger partial charge in [-0.05, 0) is 42.3 Å². The van der Waals surface area contributed by atoms with Crippen LogP contribution < -0.4 is 0 Å². The summed E-state index contributed by atoms with van der Waals surface area (Å²) in [6, 6.07) is 9.75. The number of phenolic OH excluding ortho intramolecular Hbond substituents is 1. The number of carbonyl (C=O) groups is 1. The SMILES string of the molecule is O=C(c1ccc(-c2cc(Cl)ccc2O)cc1Cl)N1CCCO1. The molecule has 1 fully saturated rings. The van der Waals surface area contributed by atoms with Gasteiger partial charge in [0.15, 0.2) is 0 Å². The van der Waals surface area contributed by atoms with Gasteiger partial charge in [-0.1, -0.05) is 29.3 Å². The van der Waals surface area contributed by atoms with E-state index in [-0.39, 0.29) is 11.7 Å². The molecule has 6 heteroatoms. The van der Waals surface area contributed by atoms with Gasteiger partial charge in [-0.25, -0.2) is 5.06 Å². The molecular weight excluding hydrogens is 325 g/mol. The summed E-state index contributed by atoms with van der Waals surface area (Å²) < 4.78 is 0. The standard InChI is InChI=1S/C16H13Cl2NO3/c17-11-3-5-15(20)13(9-11)10-2-4-12(14(18)8-10)16(21)19-6-1-7-22-19/h2-5,8-9,20H,1,6-7H2. The number of rotatable bonds is 2. The van der Waals surface area contributed by atoms with Gasteiger partial charge in [0.25, 0.3) is 5.91 Å². The Morgan fingerprint density at radius 1 is 1.18 bits per heavy atom. The molecule has 1 aliphatic rings. The lowest BCUT2D eigenvalue weighted by molar-refractivity contribution is -0.0768. The van der Waals surface area contributed by atoms with E-state index in [4.69, 9.17) is 28.0 Å². The van der Waals surface area contributed by atoms with Crippen molar-refractivity contribution in [1.82, 2.24) is 5.06 Å². The molecule has 114 valence electrons. The fraction of sp³-hybridized carbons (Fsp3) is 0.188. The first kappa shape index (κ1) is 15.2. The van der Waals surface area contributed by atoms with Gasteiger partial charge in [0.05, 0.1) is 23.7 Å². The highest BCUT2D eigenvalue weighted by Crippen LogP contribution is 2.34. The number of halogens is 2. The molecular formula is C16H13Cl2NO3. The Morgan fingerprint density at radius 3 is 2.68 bits per heavy atom. The number of nitrogens with zero attached hydrogens (tertiary/aromatic N) is 1. The number of carbonyl (C=O) groups excluding carboxylic acids is 1. The molecule has 1 aliphatic heterocycles. The zero-order valence-corrected chi connectivity index (χ0v) is 13.1. The van der Waals surface area contributed by atoms with Crippen LogP contribution in [0.5, 0.6) is 5.75 Å². The number of hydroxylamine groups is 2. The van der Waals surface area contributed by atoms with Crippen molar-refractivity contribution in [3.05, 3.63) is 52.0 Å². The average Bonchev–Trinajstić information content (AvgIpc) is 3.03. The number of hydrogen-bond acceptors (Lipinski definition) is 3. The summed E-state index contributed by atoms with van der Waals surface area (Å²) in [6.07, 6.45) is 0.817. The smallest absolute Gasteiger partial charge is 0.278 e. The summed E-state index contributed by atoms with van der Waals surface area (Å²) in [4.78, 5) is 17.5. The third-order valence-electron chi connectivity index (χ3n) is 3.45. The molecule has 0 unspecified atom stereocenters. The zero-order valence-electron chi connectivity index (χ0n) is 11.6. The Hall–Kier alpha value is -1.75. The molecule has 0 atom stereocenters. The summed E-state index contributed by atoms with van der Waals surface area (Å²) in [5.74, 6) is -0.160. The lowest BCUT2D eigenvalue weighted by atomic mass is 10.0. The van der Waals surface area contributed by atoms with Crippen molar-refractivity contribution < 1.29 is 14.7 Å². The van der Waals surface area contributed by atoms with Crippen LogP contribution in [0.3, 0.4) is 0 Å². The second-order valence-corrected chi connectivity index (χ2v) is 5.79. The Kier molecular flexibility index (Phi) is 4.25. The van der Waals surface area contributed by atoms with E-state index < -0.39 is 0 Å². The van der Waals surface area contributed by atoms with Crippen LogP contribution in [0.2, 0.25) is 10.0 Å². The van der Waals surface area contributed by atoms with Crippen molar-refractivity contribution in [1.29, 1.82) is 0 Å². The van der Waals surface area contributed by atoms with E-state index in [1.807, 2.05) is 0 Å². The predicted octanol–water partition coefficient (Wildman–Crippen LogP) is 4.14. The largest absolute Gasteiger partial charge is 0.507 e. The Labute approximate surface area is 137 Å². The minimum atomic E-state index is -0.260. The van der Waals surface area contributed by atoms with Gasteiger partial charge in [-0.2, -0.15) is 0 Å². The molecule has 0 saturated carbocycles. The highest BCUT2D eigenvalue weighted by Gasteiger charge is 2.23. The molecule has 0 aromatic heterocycles. The first-order chi connectivity index (χ1) is 10.6. The first-order valence-electron chi connectivity index (χ1n) is 6.79. The Morgan fingerprint density at radius 2 is 2.00 bits per heavy atom. The van der Waals surface area contributed by atoms with Crippen molar-refractivity contribution in [2.24, 2.45) is 0 Å². The molecule has 0 spiro atoms. The van der Waals surface area contributed by atoms with Crippen molar-refractivity contribution in [2.75, 3.05) is 13.2 Å². The highest BCUT2D eigenvalue weighted by molar-refractivity contribution is 6.34. The van der Waals surface area contributed by atoms with Crippen LogP contribution in [0, 0.1) is 0 Å². The van der Waals surface area contributed by atoms with Crippen molar-refractivity contribution in [3.8, 4) is 16.9 Å². The maximum Gasteiger partial charge on any atom is 0.278 e.